The normalized spacial score (nSPS) is 22.6. The number of carbonyl (C=O) groups excluding carboxylic acids is 1. The van der Waals surface area contributed by atoms with Crippen LogP contribution in [0.5, 0.6) is 0 Å². The molecule has 0 saturated carbocycles. The van der Waals surface area contributed by atoms with E-state index >= 15 is 0 Å². The summed E-state index contributed by atoms with van der Waals surface area (Å²) < 4.78 is 20.4. The Hall–Kier alpha value is -2.31. The van der Waals surface area contributed by atoms with Crippen LogP contribution in [-0.2, 0) is 16.0 Å². The topological polar surface area (TPSA) is 45.7 Å². The van der Waals surface area contributed by atoms with E-state index in [1.54, 1.807) is 6.92 Å². The third-order valence-electron chi connectivity index (χ3n) is 5.81. The molecule has 1 aromatic heterocycles. The van der Waals surface area contributed by atoms with Gasteiger partial charge in [-0.25, -0.2) is 9.37 Å². The molecule has 1 aromatic carbocycles. The number of morpholine rings is 1. The number of benzene rings is 1. The Morgan fingerprint density at radius 3 is 2.64 bits per heavy atom. The van der Waals surface area contributed by atoms with Crippen LogP contribution in [0.3, 0.4) is 0 Å². The van der Waals surface area contributed by atoms with E-state index in [0.29, 0.717) is 6.54 Å². The second kappa shape index (κ2) is 7.97. The average Bonchev–Trinajstić information content (AvgIpc) is 2.72. The van der Waals surface area contributed by atoms with Gasteiger partial charge in [0.15, 0.2) is 11.6 Å². The Morgan fingerprint density at radius 1 is 1.18 bits per heavy atom. The third kappa shape index (κ3) is 3.93. The monoisotopic (exact) mass is 383 g/mol. The van der Waals surface area contributed by atoms with Crippen LogP contribution in [0.25, 0.3) is 0 Å². The SMILES string of the molecule is CC1OC2(CCN(CCc3ccccc3)CC2)CN(c2ncccc2F)C1=O. The van der Waals surface area contributed by atoms with E-state index in [0.717, 1.165) is 38.9 Å². The quantitative estimate of drug-likeness (QED) is 0.814. The summed E-state index contributed by atoms with van der Waals surface area (Å²) in [6.07, 6.45) is 3.60. The number of likely N-dealkylation sites (tertiary alicyclic amines) is 1. The first-order valence-electron chi connectivity index (χ1n) is 9.92. The van der Waals surface area contributed by atoms with Gasteiger partial charge in [0.1, 0.15) is 6.10 Å². The van der Waals surface area contributed by atoms with Gasteiger partial charge >= 0.3 is 0 Å². The summed E-state index contributed by atoms with van der Waals surface area (Å²) in [6.45, 7) is 4.93. The number of hydrogen-bond acceptors (Lipinski definition) is 4. The highest BCUT2D eigenvalue weighted by atomic mass is 19.1. The minimum Gasteiger partial charge on any atom is -0.360 e. The molecule has 1 amide bonds. The average molecular weight is 383 g/mol. The summed E-state index contributed by atoms with van der Waals surface area (Å²) in [5.74, 6) is -0.594. The number of aromatic nitrogens is 1. The third-order valence-corrected chi connectivity index (χ3v) is 5.81. The highest BCUT2D eigenvalue weighted by Crippen LogP contribution is 2.35. The molecular weight excluding hydrogens is 357 g/mol. The van der Waals surface area contributed by atoms with E-state index in [-0.39, 0.29) is 11.7 Å². The zero-order valence-corrected chi connectivity index (χ0v) is 16.2. The van der Waals surface area contributed by atoms with E-state index in [2.05, 4.69) is 34.1 Å². The van der Waals surface area contributed by atoms with Crippen molar-refractivity contribution in [1.82, 2.24) is 9.88 Å². The van der Waals surface area contributed by atoms with Gasteiger partial charge in [-0.3, -0.25) is 9.69 Å². The molecule has 28 heavy (non-hydrogen) atoms. The smallest absolute Gasteiger partial charge is 0.257 e. The standard InChI is InChI=1S/C22H26FN3O2/c1-17-21(27)26(20-19(23)8-5-12-24-20)16-22(28-17)10-14-25(15-11-22)13-9-18-6-3-2-4-7-18/h2-8,12,17H,9-11,13-16H2,1H3. The van der Waals surface area contributed by atoms with E-state index in [9.17, 15) is 9.18 Å². The van der Waals surface area contributed by atoms with E-state index < -0.39 is 17.5 Å². The predicted molar refractivity (Wildman–Crippen MR) is 106 cm³/mol. The molecule has 0 radical (unpaired) electrons. The molecular formula is C22H26FN3O2. The van der Waals surface area contributed by atoms with Crippen molar-refractivity contribution in [3.05, 3.63) is 60.0 Å². The van der Waals surface area contributed by atoms with Crippen molar-refractivity contribution < 1.29 is 13.9 Å². The molecule has 2 saturated heterocycles. The van der Waals surface area contributed by atoms with E-state index in [1.165, 1.54) is 28.8 Å². The first-order chi connectivity index (χ1) is 13.6. The number of nitrogens with zero attached hydrogens (tertiary/aromatic N) is 3. The first kappa shape index (κ1) is 19.0. The second-order valence-electron chi connectivity index (χ2n) is 7.75. The number of carbonyl (C=O) groups is 1. The Bertz CT molecular complexity index is 822. The van der Waals surface area contributed by atoms with Crippen LogP contribution in [0.4, 0.5) is 10.2 Å². The highest BCUT2D eigenvalue weighted by molar-refractivity contribution is 5.96. The van der Waals surface area contributed by atoms with E-state index in [1.807, 2.05) is 6.07 Å². The molecule has 2 fully saturated rings. The lowest BCUT2D eigenvalue weighted by molar-refractivity contribution is -0.161. The largest absolute Gasteiger partial charge is 0.360 e. The summed E-state index contributed by atoms with van der Waals surface area (Å²) >= 11 is 0. The van der Waals surface area contributed by atoms with Crippen LogP contribution in [0, 0.1) is 5.82 Å². The van der Waals surface area contributed by atoms with Crippen molar-refractivity contribution in [2.45, 2.75) is 37.9 Å². The molecule has 4 rings (SSSR count). The van der Waals surface area contributed by atoms with Gasteiger partial charge in [0.05, 0.1) is 12.1 Å². The summed E-state index contributed by atoms with van der Waals surface area (Å²) in [4.78, 5) is 20.6. The fourth-order valence-corrected chi connectivity index (χ4v) is 4.20. The number of halogens is 1. The van der Waals surface area contributed by atoms with Crippen molar-refractivity contribution in [2.24, 2.45) is 0 Å². The van der Waals surface area contributed by atoms with Crippen LogP contribution in [0.15, 0.2) is 48.7 Å². The van der Waals surface area contributed by atoms with Crippen LogP contribution in [0.1, 0.15) is 25.3 Å². The molecule has 0 N–H and O–H groups in total. The summed E-state index contributed by atoms with van der Waals surface area (Å²) in [6, 6.07) is 13.4. The lowest BCUT2D eigenvalue weighted by Gasteiger charge is -2.48. The maximum atomic E-state index is 14.2. The number of pyridine rings is 1. The van der Waals surface area contributed by atoms with Crippen molar-refractivity contribution in [2.75, 3.05) is 31.1 Å². The number of amides is 1. The van der Waals surface area contributed by atoms with Gasteiger partial charge in [-0.1, -0.05) is 30.3 Å². The summed E-state index contributed by atoms with van der Waals surface area (Å²) in [5, 5.41) is 0. The molecule has 1 spiro atoms. The Labute approximate surface area is 165 Å². The van der Waals surface area contributed by atoms with Crippen LogP contribution < -0.4 is 4.90 Å². The molecule has 2 aliphatic heterocycles. The predicted octanol–water partition coefficient (Wildman–Crippen LogP) is 3.05. The molecule has 1 atom stereocenters. The van der Waals surface area contributed by atoms with Crippen molar-refractivity contribution in [3.8, 4) is 0 Å². The van der Waals surface area contributed by atoms with Crippen LogP contribution in [0.2, 0.25) is 0 Å². The lowest BCUT2D eigenvalue weighted by Crippen LogP contribution is -2.62. The zero-order valence-electron chi connectivity index (χ0n) is 16.2. The van der Waals surface area contributed by atoms with Gasteiger partial charge in [-0.15, -0.1) is 0 Å². The fourth-order valence-electron chi connectivity index (χ4n) is 4.20. The van der Waals surface area contributed by atoms with Crippen molar-refractivity contribution in [3.63, 3.8) is 0 Å². The minimum absolute atomic E-state index is 0.105. The Balaban J connectivity index is 1.41. The first-order valence-corrected chi connectivity index (χ1v) is 9.92. The summed E-state index contributed by atoms with van der Waals surface area (Å²) in [5.41, 5.74) is 0.910. The molecule has 148 valence electrons. The fraction of sp³-hybridized carbons (Fsp3) is 0.455. The molecule has 2 aromatic rings. The zero-order chi connectivity index (χ0) is 19.6. The maximum Gasteiger partial charge on any atom is 0.257 e. The lowest BCUT2D eigenvalue weighted by atomic mass is 9.88. The number of rotatable bonds is 4. The molecule has 2 aliphatic rings. The van der Waals surface area contributed by atoms with Crippen molar-refractivity contribution in [1.29, 1.82) is 0 Å². The van der Waals surface area contributed by atoms with Crippen LogP contribution in [-0.4, -0.2) is 53.7 Å². The number of piperidine rings is 1. The van der Waals surface area contributed by atoms with Gasteiger partial charge in [0.2, 0.25) is 0 Å². The number of hydrogen-bond donors (Lipinski definition) is 0. The molecule has 3 heterocycles. The summed E-state index contributed by atoms with van der Waals surface area (Å²) in [7, 11) is 0. The highest BCUT2D eigenvalue weighted by Gasteiger charge is 2.46. The van der Waals surface area contributed by atoms with Gasteiger partial charge < -0.3 is 9.64 Å². The molecule has 6 heteroatoms. The Kier molecular flexibility index (Phi) is 5.42. The number of ether oxygens (including phenoxy) is 1. The van der Waals surface area contributed by atoms with Gasteiger partial charge in [-0.05, 0) is 43.9 Å². The van der Waals surface area contributed by atoms with Gasteiger partial charge in [-0.2, -0.15) is 0 Å². The van der Waals surface area contributed by atoms with Crippen LogP contribution >= 0.6 is 0 Å². The maximum absolute atomic E-state index is 14.2. The second-order valence-corrected chi connectivity index (χ2v) is 7.75. The van der Waals surface area contributed by atoms with Gasteiger partial charge in [0.25, 0.3) is 5.91 Å². The molecule has 0 aliphatic carbocycles. The minimum atomic E-state index is -0.592. The number of anilines is 1. The van der Waals surface area contributed by atoms with E-state index in [4.69, 9.17) is 4.74 Å². The van der Waals surface area contributed by atoms with Gasteiger partial charge in [0, 0.05) is 25.8 Å². The Morgan fingerprint density at radius 2 is 1.93 bits per heavy atom. The van der Waals surface area contributed by atoms with Crippen molar-refractivity contribution >= 4 is 11.7 Å². The molecule has 1 unspecified atom stereocenters. The molecule has 5 nitrogen and oxygen atoms in total. The molecule has 0 bridgehead atoms.